The average Bonchev–Trinajstić information content (AvgIpc) is 3.72. The van der Waals surface area contributed by atoms with Crippen molar-refractivity contribution in [2.24, 2.45) is 0 Å². The first-order valence-electron chi connectivity index (χ1n) is 12.9. The van der Waals surface area contributed by atoms with Crippen molar-refractivity contribution in [1.29, 1.82) is 0 Å². The predicted octanol–water partition coefficient (Wildman–Crippen LogP) is 6.23. The zero-order valence-corrected chi connectivity index (χ0v) is 24.2. The van der Waals surface area contributed by atoms with Crippen LogP contribution in [0, 0.1) is 6.92 Å². The molecule has 0 spiro atoms. The number of anilines is 1. The summed E-state index contributed by atoms with van der Waals surface area (Å²) < 4.78 is 22.3. The van der Waals surface area contributed by atoms with Crippen molar-refractivity contribution in [3.63, 3.8) is 0 Å². The van der Waals surface area contributed by atoms with E-state index in [0.717, 1.165) is 26.2 Å². The van der Waals surface area contributed by atoms with Crippen LogP contribution in [0.25, 0.3) is 20.8 Å². The Kier molecular flexibility index (Phi) is 7.60. The van der Waals surface area contributed by atoms with Gasteiger partial charge in [0.15, 0.2) is 18.1 Å². The van der Waals surface area contributed by atoms with Crippen LogP contribution in [0.4, 0.5) is 5.00 Å². The molecule has 5 aromatic rings. The van der Waals surface area contributed by atoms with Crippen molar-refractivity contribution in [3.05, 3.63) is 93.9 Å². The van der Waals surface area contributed by atoms with E-state index in [2.05, 4.69) is 10.3 Å². The molecule has 42 heavy (non-hydrogen) atoms. The summed E-state index contributed by atoms with van der Waals surface area (Å²) in [4.78, 5) is 44.3. The largest absolute Gasteiger partial charge is 0.465 e. The number of nitrogens with one attached hydrogen (secondary N) is 1. The van der Waals surface area contributed by atoms with Gasteiger partial charge in [-0.3, -0.25) is 4.79 Å². The third kappa shape index (κ3) is 5.44. The summed E-state index contributed by atoms with van der Waals surface area (Å²) >= 11 is 2.72. The highest BCUT2D eigenvalue weighted by atomic mass is 32.1. The number of rotatable bonds is 8. The van der Waals surface area contributed by atoms with E-state index in [-0.39, 0.29) is 12.4 Å². The minimum absolute atomic E-state index is 0.165. The number of thiophene rings is 1. The first kappa shape index (κ1) is 27.4. The molecule has 0 saturated heterocycles. The van der Waals surface area contributed by atoms with Gasteiger partial charge in [-0.2, -0.15) is 0 Å². The molecule has 1 amide bonds. The van der Waals surface area contributed by atoms with Crippen LogP contribution in [0.15, 0.2) is 66.7 Å². The molecule has 0 saturated carbocycles. The first-order valence-corrected chi connectivity index (χ1v) is 14.6. The Labute approximate surface area is 248 Å². The number of para-hydroxylation sites is 1. The molecule has 11 heteroatoms. The van der Waals surface area contributed by atoms with Gasteiger partial charge in [-0.25, -0.2) is 14.6 Å². The number of aromatic nitrogens is 1. The summed E-state index contributed by atoms with van der Waals surface area (Å²) in [5.41, 5.74) is 3.66. The quantitative estimate of drug-likeness (QED) is 0.209. The Balaban J connectivity index is 1.17. The monoisotopic (exact) mass is 600 g/mol. The van der Waals surface area contributed by atoms with Crippen molar-refractivity contribution < 1.29 is 33.3 Å². The Hall–Kier alpha value is -4.74. The molecule has 0 bridgehead atoms. The van der Waals surface area contributed by atoms with Crippen LogP contribution in [0.1, 0.15) is 36.7 Å². The van der Waals surface area contributed by atoms with E-state index >= 15 is 0 Å². The van der Waals surface area contributed by atoms with Crippen LogP contribution >= 0.6 is 22.7 Å². The van der Waals surface area contributed by atoms with Crippen LogP contribution in [0.5, 0.6) is 11.5 Å². The van der Waals surface area contributed by atoms with E-state index in [0.29, 0.717) is 39.1 Å². The number of thiazole rings is 1. The first-order chi connectivity index (χ1) is 20.4. The molecule has 2 aromatic heterocycles. The lowest BCUT2D eigenvalue weighted by atomic mass is 10.0. The van der Waals surface area contributed by atoms with Gasteiger partial charge < -0.3 is 24.3 Å². The second-order valence-electron chi connectivity index (χ2n) is 9.35. The summed E-state index contributed by atoms with van der Waals surface area (Å²) in [6, 6.07) is 20.3. The molecular weight excluding hydrogens is 576 g/mol. The number of hydrogen-bond donors (Lipinski definition) is 1. The van der Waals surface area contributed by atoms with E-state index in [1.165, 1.54) is 29.8 Å². The van der Waals surface area contributed by atoms with Crippen LogP contribution in [-0.2, 0) is 20.7 Å². The Morgan fingerprint density at radius 2 is 1.74 bits per heavy atom. The van der Waals surface area contributed by atoms with E-state index < -0.39 is 24.5 Å². The zero-order valence-electron chi connectivity index (χ0n) is 22.6. The predicted molar refractivity (Wildman–Crippen MR) is 160 cm³/mol. The average molecular weight is 601 g/mol. The molecule has 212 valence electrons. The van der Waals surface area contributed by atoms with Crippen LogP contribution in [0.3, 0.4) is 0 Å². The number of amides is 1. The molecule has 1 N–H and O–H groups in total. The molecule has 0 unspecified atom stereocenters. The SMILES string of the molecule is COC(=O)c1c(NC(=O)COC(=O)c2ccccc2-c2nc3ccccc3s2)sc(C)c1Cc1ccc2c(c1)OCO2. The smallest absolute Gasteiger partial charge is 0.341 e. The van der Waals surface area contributed by atoms with Gasteiger partial charge in [0.05, 0.1) is 28.5 Å². The maximum Gasteiger partial charge on any atom is 0.341 e. The van der Waals surface area contributed by atoms with E-state index in [1.54, 1.807) is 18.2 Å². The number of ether oxygens (including phenoxy) is 4. The lowest BCUT2D eigenvalue weighted by molar-refractivity contribution is -0.119. The highest BCUT2D eigenvalue weighted by Gasteiger charge is 2.26. The van der Waals surface area contributed by atoms with E-state index in [4.69, 9.17) is 18.9 Å². The maximum absolute atomic E-state index is 13.1. The molecule has 9 nitrogen and oxygen atoms in total. The third-order valence-electron chi connectivity index (χ3n) is 6.67. The van der Waals surface area contributed by atoms with Crippen molar-refractivity contribution in [1.82, 2.24) is 4.98 Å². The van der Waals surface area contributed by atoms with Crippen LogP contribution in [0.2, 0.25) is 0 Å². The highest BCUT2D eigenvalue weighted by Crippen LogP contribution is 2.38. The van der Waals surface area contributed by atoms with Gasteiger partial charge in [0.1, 0.15) is 10.0 Å². The molecule has 0 atom stereocenters. The Bertz CT molecular complexity index is 1810. The van der Waals surface area contributed by atoms with Crippen LogP contribution in [-0.4, -0.2) is 43.3 Å². The van der Waals surface area contributed by atoms with Gasteiger partial charge in [0.25, 0.3) is 5.91 Å². The van der Waals surface area contributed by atoms with E-state index in [1.807, 2.05) is 55.5 Å². The second kappa shape index (κ2) is 11.6. The number of nitrogens with zero attached hydrogens (tertiary/aromatic N) is 1. The summed E-state index contributed by atoms with van der Waals surface area (Å²) in [5.74, 6) is -0.507. The maximum atomic E-state index is 13.1. The van der Waals surface area contributed by atoms with Crippen LogP contribution < -0.4 is 14.8 Å². The fraction of sp³-hybridized carbons (Fsp3) is 0.161. The molecular formula is C31H24N2O7S2. The van der Waals surface area contributed by atoms with Gasteiger partial charge >= 0.3 is 11.9 Å². The molecule has 0 aliphatic carbocycles. The van der Waals surface area contributed by atoms with E-state index in [9.17, 15) is 14.4 Å². The minimum Gasteiger partial charge on any atom is -0.465 e. The Morgan fingerprint density at radius 3 is 2.57 bits per heavy atom. The molecule has 3 aromatic carbocycles. The molecule has 6 rings (SSSR count). The number of fused-ring (bicyclic) bond motifs is 2. The van der Waals surface area contributed by atoms with Gasteiger partial charge in [0, 0.05) is 10.4 Å². The molecule has 0 radical (unpaired) electrons. The zero-order chi connectivity index (χ0) is 29.2. The molecule has 0 fully saturated rings. The summed E-state index contributed by atoms with van der Waals surface area (Å²) in [7, 11) is 1.29. The number of hydrogen-bond acceptors (Lipinski definition) is 10. The number of carbonyl (C=O) groups excluding carboxylic acids is 3. The summed E-state index contributed by atoms with van der Waals surface area (Å²) in [6.45, 7) is 1.49. The molecule has 1 aliphatic rings. The molecule has 3 heterocycles. The summed E-state index contributed by atoms with van der Waals surface area (Å²) in [6.07, 6.45) is 0.414. The third-order valence-corrected chi connectivity index (χ3v) is 8.81. The number of esters is 2. The van der Waals surface area contributed by atoms with Gasteiger partial charge in [-0.1, -0.05) is 36.4 Å². The number of benzene rings is 3. The number of methoxy groups -OCH3 is 1. The Morgan fingerprint density at radius 1 is 0.952 bits per heavy atom. The lowest BCUT2D eigenvalue weighted by Crippen LogP contribution is -2.22. The normalized spacial score (nSPS) is 11.9. The standard InChI is InChI=1S/C31H24N2O7S2/c1-17-21(13-18-11-12-23-24(14-18)40-16-39-23)27(31(36)37-2)29(41-17)33-26(34)15-38-30(35)20-8-4-3-7-19(20)28-32-22-9-5-6-10-25(22)42-28/h3-12,14H,13,15-16H2,1-2H3,(H,33,34). The topological polar surface area (TPSA) is 113 Å². The fourth-order valence-electron chi connectivity index (χ4n) is 4.66. The second-order valence-corrected chi connectivity index (χ2v) is 11.6. The number of aryl methyl sites for hydroxylation is 1. The summed E-state index contributed by atoms with van der Waals surface area (Å²) in [5, 5.41) is 3.74. The van der Waals surface area contributed by atoms with Crippen molar-refractivity contribution >= 4 is 55.7 Å². The van der Waals surface area contributed by atoms with Gasteiger partial charge in [0.2, 0.25) is 6.79 Å². The molecule has 1 aliphatic heterocycles. The lowest BCUT2D eigenvalue weighted by Gasteiger charge is -2.10. The van der Waals surface area contributed by atoms with Crippen molar-refractivity contribution in [2.45, 2.75) is 13.3 Å². The van der Waals surface area contributed by atoms with Gasteiger partial charge in [-0.05, 0) is 54.8 Å². The van der Waals surface area contributed by atoms with Crippen molar-refractivity contribution in [3.8, 4) is 22.1 Å². The minimum atomic E-state index is -0.654. The van der Waals surface area contributed by atoms with Gasteiger partial charge in [-0.15, -0.1) is 22.7 Å². The highest BCUT2D eigenvalue weighted by molar-refractivity contribution is 7.21. The van der Waals surface area contributed by atoms with Crippen molar-refractivity contribution in [2.75, 3.05) is 25.8 Å². The number of carbonyl (C=O) groups is 3. The fourth-order valence-corrected chi connectivity index (χ4v) is 6.74.